The van der Waals surface area contributed by atoms with Crippen LogP contribution in [0.25, 0.3) is 11.2 Å². The number of nitrogen functional groups attached to an aromatic ring is 1. The normalized spacial score (nSPS) is 20.5. The SMILES string of the molecule is CCOP(=O)(COCC1OCC(n2cnc3c(O)nc(N)nc32)O1)OCC. The fourth-order valence-corrected chi connectivity index (χ4v) is 3.91. The van der Waals surface area contributed by atoms with Crippen molar-refractivity contribution in [3.63, 3.8) is 0 Å². The summed E-state index contributed by atoms with van der Waals surface area (Å²) in [5.74, 6) is -0.388. The van der Waals surface area contributed by atoms with E-state index in [1.807, 2.05) is 0 Å². The molecule has 3 heterocycles. The molecule has 13 heteroatoms. The van der Waals surface area contributed by atoms with E-state index >= 15 is 0 Å². The summed E-state index contributed by atoms with van der Waals surface area (Å²) in [6.07, 6.45) is 0.0299. The highest BCUT2D eigenvalue weighted by atomic mass is 31.2. The Morgan fingerprint density at radius 1 is 1.37 bits per heavy atom. The van der Waals surface area contributed by atoms with Crippen LogP contribution in [0.2, 0.25) is 0 Å². The highest BCUT2D eigenvalue weighted by Gasteiger charge is 2.31. The molecule has 2 unspecified atom stereocenters. The van der Waals surface area contributed by atoms with Crippen LogP contribution in [0.5, 0.6) is 5.88 Å². The summed E-state index contributed by atoms with van der Waals surface area (Å²) in [5, 5.41) is 9.79. The first-order chi connectivity index (χ1) is 13.0. The zero-order valence-corrected chi connectivity index (χ0v) is 15.9. The van der Waals surface area contributed by atoms with E-state index in [1.165, 1.54) is 6.33 Å². The van der Waals surface area contributed by atoms with Crippen LogP contribution in [0, 0.1) is 0 Å². The summed E-state index contributed by atoms with van der Waals surface area (Å²) in [6, 6.07) is 0. The van der Waals surface area contributed by atoms with E-state index in [9.17, 15) is 9.67 Å². The average Bonchev–Trinajstić information content (AvgIpc) is 3.22. The Balaban J connectivity index is 1.59. The average molecular weight is 403 g/mol. The van der Waals surface area contributed by atoms with Crippen LogP contribution in [0.4, 0.5) is 5.95 Å². The van der Waals surface area contributed by atoms with Gasteiger partial charge in [-0.25, -0.2) is 4.98 Å². The Morgan fingerprint density at radius 3 is 2.81 bits per heavy atom. The number of nitrogens with zero attached hydrogens (tertiary/aromatic N) is 4. The van der Waals surface area contributed by atoms with E-state index in [-0.39, 0.29) is 50.1 Å². The molecule has 0 amide bonds. The van der Waals surface area contributed by atoms with Crippen molar-refractivity contribution in [1.29, 1.82) is 0 Å². The lowest BCUT2D eigenvalue weighted by molar-refractivity contribution is -0.110. The second-order valence-electron chi connectivity index (χ2n) is 5.53. The third-order valence-corrected chi connectivity index (χ3v) is 5.42. The molecule has 150 valence electrons. The Labute approximate surface area is 155 Å². The largest absolute Gasteiger partial charge is 0.492 e. The minimum Gasteiger partial charge on any atom is -0.492 e. The molecular weight excluding hydrogens is 381 g/mol. The second kappa shape index (κ2) is 8.46. The number of hydrogen-bond donors (Lipinski definition) is 2. The number of fused-ring (bicyclic) bond motifs is 1. The van der Waals surface area contributed by atoms with Gasteiger partial charge in [-0.3, -0.25) is 9.13 Å². The number of aromatic nitrogens is 4. The van der Waals surface area contributed by atoms with E-state index in [0.717, 1.165) is 0 Å². The molecule has 0 radical (unpaired) electrons. The lowest BCUT2D eigenvalue weighted by Gasteiger charge is -2.18. The molecule has 27 heavy (non-hydrogen) atoms. The highest BCUT2D eigenvalue weighted by Crippen LogP contribution is 2.47. The summed E-state index contributed by atoms with van der Waals surface area (Å²) in [4.78, 5) is 11.8. The zero-order chi connectivity index (χ0) is 19.4. The molecule has 0 bridgehead atoms. The predicted octanol–water partition coefficient (Wildman–Crippen LogP) is 1.23. The molecular formula is C14H22N5O7P. The molecule has 2 aromatic heterocycles. The Morgan fingerprint density at radius 2 is 2.11 bits per heavy atom. The van der Waals surface area contributed by atoms with E-state index in [2.05, 4.69) is 15.0 Å². The van der Waals surface area contributed by atoms with Crippen molar-refractivity contribution in [2.45, 2.75) is 26.4 Å². The van der Waals surface area contributed by atoms with Crippen LogP contribution >= 0.6 is 7.60 Å². The van der Waals surface area contributed by atoms with Crippen molar-refractivity contribution in [2.75, 3.05) is 38.5 Å². The van der Waals surface area contributed by atoms with Crippen molar-refractivity contribution < 1.29 is 32.9 Å². The molecule has 12 nitrogen and oxygen atoms in total. The topological polar surface area (TPSA) is 153 Å². The first-order valence-electron chi connectivity index (χ1n) is 8.37. The third kappa shape index (κ3) is 4.54. The Kier molecular flexibility index (Phi) is 6.25. The van der Waals surface area contributed by atoms with Gasteiger partial charge < -0.3 is 34.1 Å². The number of hydrogen-bond acceptors (Lipinski definition) is 11. The quantitative estimate of drug-likeness (QED) is 0.581. The molecule has 2 atom stereocenters. The summed E-state index contributed by atoms with van der Waals surface area (Å²) < 4.78 is 40.9. The molecule has 1 fully saturated rings. The van der Waals surface area contributed by atoms with Gasteiger partial charge in [0.15, 0.2) is 23.7 Å². The van der Waals surface area contributed by atoms with Gasteiger partial charge in [0.1, 0.15) is 6.35 Å². The third-order valence-electron chi connectivity index (χ3n) is 3.62. The summed E-state index contributed by atoms with van der Waals surface area (Å²) >= 11 is 0. The van der Waals surface area contributed by atoms with Crippen molar-refractivity contribution in [1.82, 2.24) is 19.5 Å². The lowest BCUT2D eigenvalue weighted by Crippen LogP contribution is -2.19. The maximum Gasteiger partial charge on any atom is 0.356 e. The van der Waals surface area contributed by atoms with Gasteiger partial charge in [-0.1, -0.05) is 0 Å². The van der Waals surface area contributed by atoms with Crippen LogP contribution in [-0.4, -0.2) is 63.7 Å². The van der Waals surface area contributed by atoms with Gasteiger partial charge >= 0.3 is 7.60 Å². The molecule has 1 aliphatic rings. The fraction of sp³-hybridized carbons (Fsp3) is 0.643. The van der Waals surface area contributed by atoms with Crippen LogP contribution in [0.1, 0.15) is 20.1 Å². The van der Waals surface area contributed by atoms with Crippen LogP contribution < -0.4 is 5.73 Å². The standard InChI is InChI=1S/C14H22N5O7P/c1-3-24-27(21,25-4-2)8-22-6-10-23-5-9(26-10)19-7-16-11-12(19)17-14(15)18-13(11)20/h7,9-10H,3-6,8H2,1-2H3,(H3,15,17,18,20). The maximum absolute atomic E-state index is 12.3. The van der Waals surface area contributed by atoms with Gasteiger partial charge in [-0.2, -0.15) is 9.97 Å². The van der Waals surface area contributed by atoms with Gasteiger partial charge in [0, 0.05) is 0 Å². The van der Waals surface area contributed by atoms with Gasteiger partial charge in [-0.15, -0.1) is 0 Å². The monoisotopic (exact) mass is 403 g/mol. The molecule has 0 aliphatic carbocycles. The summed E-state index contributed by atoms with van der Waals surface area (Å²) in [7, 11) is -3.29. The first-order valence-corrected chi connectivity index (χ1v) is 10.1. The Bertz CT molecular complexity index is 822. The Hall–Kier alpha value is -1.82. The van der Waals surface area contributed by atoms with Gasteiger partial charge in [0.2, 0.25) is 11.8 Å². The van der Waals surface area contributed by atoms with E-state index in [1.54, 1.807) is 18.4 Å². The fourth-order valence-electron chi connectivity index (χ4n) is 2.57. The lowest BCUT2D eigenvalue weighted by atomic mass is 10.5. The number of aromatic hydroxyl groups is 1. The van der Waals surface area contributed by atoms with Crippen molar-refractivity contribution in [3.8, 4) is 5.88 Å². The molecule has 3 rings (SSSR count). The molecule has 3 N–H and O–H groups in total. The number of rotatable bonds is 9. The molecule has 0 aromatic carbocycles. The minimum atomic E-state index is -3.29. The zero-order valence-electron chi connectivity index (χ0n) is 15.0. The highest BCUT2D eigenvalue weighted by molar-refractivity contribution is 7.53. The summed E-state index contributed by atoms with van der Waals surface area (Å²) in [6.45, 7) is 4.20. The van der Waals surface area contributed by atoms with Gasteiger partial charge in [-0.05, 0) is 13.8 Å². The number of imidazole rings is 1. The smallest absolute Gasteiger partial charge is 0.356 e. The maximum atomic E-state index is 12.3. The molecule has 0 spiro atoms. The minimum absolute atomic E-state index is 0.0373. The van der Waals surface area contributed by atoms with Gasteiger partial charge in [0.05, 0.1) is 32.8 Å². The molecule has 0 saturated carbocycles. The molecule has 1 aliphatic heterocycles. The van der Waals surface area contributed by atoms with Gasteiger partial charge in [0.25, 0.3) is 0 Å². The molecule has 2 aromatic rings. The second-order valence-corrected chi connectivity index (χ2v) is 7.53. The first kappa shape index (κ1) is 19.9. The summed E-state index contributed by atoms with van der Waals surface area (Å²) in [5.41, 5.74) is 6.11. The van der Waals surface area contributed by atoms with Crippen molar-refractivity contribution in [2.24, 2.45) is 0 Å². The number of ether oxygens (including phenoxy) is 3. The van der Waals surface area contributed by atoms with E-state index in [0.29, 0.717) is 5.65 Å². The van der Waals surface area contributed by atoms with E-state index in [4.69, 9.17) is 29.0 Å². The van der Waals surface area contributed by atoms with Crippen LogP contribution in [0.3, 0.4) is 0 Å². The van der Waals surface area contributed by atoms with Crippen LogP contribution in [-0.2, 0) is 27.8 Å². The predicted molar refractivity (Wildman–Crippen MR) is 92.9 cm³/mol. The van der Waals surface area contributed by atoms with E-state index < -0.39 is 20.1 Å². The van der Waals surface area contributed by atoms with Crippen LogP contribution in [0.15, 0.2) is 6.33 Å². The number of anilines is 1. The number of nitrogens with two attached hydrogens (primary N) is 1. The van der Waals surface area contributed by atoms with Crippen molar-refractivity contribution in [3.05, 3.63) is 6.33 Å². The molecule has 1 saturated heterocycles. The van der Waals surface area contributed by atoms with Crippen molar-refractivity contribution >= 4 is 24.7 Å².